The number of benzene rings is 1. The molecule has 0 radical (unpaired) electrons. The minimum atomic E-state index is -0.260. The molecule has 1 atom stereocenters. The number of likely N-dealkylation sites (tertiary alicyclic amines) is 1. The Morgan fingerprint density at radius 1 is 1.21 bits per heavy atom. The van der Waals surface area contributed by atoms with Gasteiger partial charge in [0, 0.05) is 32.9 Å². The number of hydrogen-bond donors (Lipinski definition) is 0. The van der Waals surface area contributed by atoms with Crippen molar-refractivity contribution in [3.8, 4) is 5.75 Å². The zero-order valence-corrected chi connectivity index (χ0v) is 14.7. The van der Waals surface area contributed by atoms with Crippen LogP contribution in [0.3, 0.4) is 0 Å². The van der Waals surface area contributed by atoms with Crippen molar-refractivity contribution in [1.29, 1.82) is 0 Å². The van der Waals surface area contributed by atoms with E-state index in [4.69, 9.17) is 9.47 Å². The molecule has 1 aromatic heterocycles. The molecule has 1 aliphatic heterocycles. The van der Waals surface area contributed by atoms with Gasteiger partial charge in [0.15, 0.2) is 0 Å². The lowest BCUT2D eigenvalue weighted by molar-refractivity contribution is -0.0361. The Bertz CT molecular complexity index is 692. The summed E-state index contributed by atoms with van der Waals surface area (Å²) in [6.45, 7) is 7.19. The van der Waals surface area contributed by atoms with Gasteiger partial charge in [-0.2, -0.15) is 0 Å². The number of para-hydroxylation sites is 1. The Balaban J connectivity index is 1.61. The molecule has 128 valence electrons. The molecular weight excluding hydrogens is 302 g/mol. The van der Waals surface area contributed by atoms with Gasteiger partial charge in [-0.1, -0.05) is 18.2 Å². The smallest absolute Gasteiger partial charge is 0.125 e. The number of methoxy groups -OCH3 is 1. The van der Waals surface area contributed by atoms with Crippen LogP contribution >= 0.6 is 0 Å². The van der Waals surface area contributed by atoms with Crippen LogP contribution in [-0.4, -0.2) is 47.3 Å². The van der Waals surface area contributed by atoms with Crippen LogP contribution in [0.2, 0.25) is 0 Å². The van der Waals surface area contributed by atoms with E-state index >= 15 is 0 Å². The van der Waals surface area contributed by atoms with Gasteiger partial charge in [0.1, 0.15) is 23.8 Å². The first-order valence-corrected chi connectivity index (χ1v) is 8.35. The van der Waals surface area contributed by atoms with Crippen LogP contribution in [0.5, 0.6) is 5.75 Å². The summed E-state index contributed by atoms with van der Waals surface area (Å²) >= 11 is 0. The normalized spacial score (nSPS) is 21.1. The van der Waals surface area contributed by atoms with Gasteiger partial charge in [0.25, 0.3) is 0 Å². The van der Waals surface area contributed by atoms with Crippen molar-refractivity contribution in [2.24, 2.45) is 0 Å². The highest BCUT2D eigenvalue weighted by Gasteiger charge is 2.39. The molecule has 24 heavy (non-hydrogen) atoms. The minimum Gasteiger partial charge on any atom is -0.490 e. The van der Waals surface area contributed by atoms with E-state index in [1.807, 2.05) is 37.4 Å². The topological polar surface area (TPSA) is 47.5 Å². The highest BCUT2D eigenvalue weighted by Crippen LogP contribution is 2.28. The maximum atomic E-state index is 6.06. The third-order valence-corrected chi connectivity index (χ3v) is 4.63. The summed E-state index contributed by atoms with van der Waals surface area (Å²) in [6.07, 6.45) is 2.78. The first kappa shape index (κ1) is 16.9. The lowest BCUT2D eigenvalue weighted by Crippen LogP contribution is -2.41. The Morgan fingerprint density at radius 2 is 2.04 bits per heavy atom. The quantitative estimate of drug-likeness (QED) is 0.816. The fourth-order valence-electron chi connectivity index (χ4n) is 3.16. The van der Waals surface area contributed by atoms with E-state index in [9.17, 15) is 0 Å². The molecule has 1 saturated heterocycles. The number of aryl methyl sites for hydroxylation is 2. The van der Waals surface area contributed by atoms with Crippen molar-refractivity contribution in [1.82, 2.24) is 14.9 Å². The maximum absolute atomic E-state index is 6.06. The number of ether oxygens (including phenoxy) is 2. The Morgan fingerprint density at radius 3 is 2.79 bits per heavy atom. The maximum Gasteiger partial charge on any atom is 0.125 e. The second kappa shape index (κ2) is 7.28. The molecule has 1 aromatic carbocycles. The average Bonchev–Trinajstić information content (AvgIpc) is 2.98. The van der Waals surface area contributed by atoms with Gasteiger partial charge in [-0.25, -0.2) is 9.97 Å². The van der Waals surface area contributed by atoms with Crippen LogP contribution in [0.4, 0.5) is 0 Å². The van der Waals surface area contributed by atoms with E-state index in [-0.39, 0.29) is 5.60 Å². The molecule has 2 heterocycles. The molecule has 3 rings (SSSR count). The molecule has 5 nitrogen and oxygen atoms in total. The number of aromatic nitrogens is 2. The van der Waals surface area contributed by atoms with Gasteiger partial charge in [-0.05, 0) is 38.0 Å². The first-order chi connectivity index (χ1) is 11.6. The van der Waals surface area contributed by atoms with Gasteiger partial charge in [0.05, 0.1) is 5.69 Å². The molecule has 2 aromatic rings. The molecule has 5 heteroatoms. The highest BCUT2D eigenvalue weighted by molar-refractivity contribution is 5.31. The lowest BCUT2D eigenvalue weighted by atomic mass is 10.0. The molecule has 0 amide bonds. The summed E-state index contributed by atoms with van der Waals surface area (Å²) in [5, 5.41) is 0. The van der Waals surface area contributed by atoms with Crippen molar-refractivity contribution in [2.75, 3.05) is 26.8 Å². The van der Waals surface area contributed by atoms with Crippen molar-refractivity contribution in [3.05, 3.63) is 53.6 Å². The van der Waals surface area contributed by atoms with Crippen LogP contribution in [0, 0.1) is 13.8 Å². The SMILES string of the molecule is CO[C@]1(COc2ccccc2C)CCN(Cc2ccnc(C)n2)C1. The summed E-state index contributed by atoms with van der Waals surface area (Å²) in [5.74, 6) is 1.74. The number of hydrogen-bond acceptors (Lipinski definition) is 5. The zero-order valence-electron chi connectivity index (χ0n) is 14.7. The first-order valence-electron chi connectivity index (χ1n) is 8.35. The molecule has 1 fully saturated rings. The van der Waals surface area contributed by atoms with E-state index in [0.29, 0.717) is 6.61 Å². The average molecular weight is 327 g/mol. The fraction of sp³-hybridized carbons (Fsp3) is 0.474. The van der Waals surface area contributed by atoms with Crippen LogP contribution in [0.25, 0.3) is 0 Å². The van der Waals surface area contributed by atoms with E-state index in [1.165, 1.54) is 0 Å². The van der Waals surface area contributed by atoms with Crippen LogP contribution in [0.1, 0.15) is 23.5 Å². The summed E-state index contributed by atoms with van der Waals surface area (Å²) in [6, 6.07) is 10.1. The predicted molar refractivity (Wildman–Crippen MR) is 93.1 cm³/mol. The van der Waals surface area contributed by atoms with Gasteiger partial charge in [-0.3, -0.25) is 4.90 Å². The summed E-state index contributed by atoms with van der Waals surface area (Å²) in [7, 11) is 1.78. The van der Waals surface area contributed by atoms with Crippen molar-refractivity contribution >= 4 is 0 Å². The Labute approximate surface area is 143 Å². The number of nitrogens with zero attached hydrogens (tertiary/aromatic N) is 3. The highest BCUT2D eigenvalue weighted by atomic mass is 16.5. The molecule has 0 saturated carbocycles. The zero-order chi connectivity index (χ0) is 17.0. The summed E-state index contributed by atoms with van der Waals surface area (Å²) in [4.78, 5) is 11.0. The van der Waals surface area contributed by atoms with E-state index in [0.717, 1.165) is 48.9 Å². The van der Waals surface area contributed by atoms with Gasteiger partial charge in [0.2, 0.25) is 0 Å². The standard InChI is InChI=1S/C19H25N3O2/c1-15-6-4-5-7-18(15)24-14-19(23-3)9-11-22(13-19)12-17-8-10-20-16(2)21-17/h4-8,10H,9,11-14H2,1-3H3/t19-/m1/s1. The fourth-order valence-corrected chi connectivity index (χ4v) is 3.16. The molecule has 0 spiro atoms. The molecule has 0 bridgehead atoms. The largest absolute Gasteiger partial charge is 0.490 e. The molecule has 0 aliphatic carbocycles. The van der Waals surface area contributed by atoms with E-state index < -0.39 is 0 Å². The monoisotopic (exact) mass is 327 g/mol. The van der Waals surface area contributed by atoms with E-state index in [1.54, 1.807) is 7.11 Å². The van der Waals surface area contributed by atoms with Crippen LogP contribution in [0.15, 0.2) is 36.5 Å². The van der Waals surface area contributed by atoms with Crippen LogP contribution in [-0.2, 0) is 11.3 Å². The lowest BCUT2D eigenvalue weighted by Gasteiger charge is -2.28. The van der Waals surface area contributed by atoms with Gasteiger partial charge >= 0.3 is 0 Å². The second-order valence-corrected chi connectivity index (χ2v) is 6.50. The van der Waals surface area contributed by atoms with Gasteiger partial charge in [-0.15, -0.1) is 0 Å². The molecular formula is C19H25N3O2. The second-order valence-electron chi connectivity index (χ2n) is 6.50. The number of rotatable bonds is 6. The summed E-state index contributed by atoms with van der Waals surface area (Å²) in [5.41, 5.74) is 1.94. The van der Waals surface area contributed by atoms with Crippen molar-refractivity contribution < 1.29 is 9.47 Å². The van der Waals surface area contributed by atoms with Crippen molar-refractivity contribution in [2.45, 2.75) is 32.4 Å². The molecule has 1 aliphatic rings. The Hall–Kier alpha value is -1.98. The molecule has 0 N–H and O–H groups in total. The third kappa shape index (κ3) is 3.91. The third-order valence-electron chi connectivity index (χ3n) is 4.63. The van der Waals surface area contributed by atoms with Crippen molar-refractivity contribution in [3.63, 3.8) is 0 Å². The van der Waals surface area contributed by atoms with Gasteiger partial charge < -0.3 is 9.47 Å². The van der Waals surface area contributed by atoms with E-state index in [2.05, 4.69) is 27.9 Å². The predicted octanol–water partition coefficient (Wildman–Crippen LogP) is 2.76. The minimum absolute atomic E-state index is 0.260. The summed E-state index contributed by atoms with van der Waals surface area (Å²) < 4.78 is 11.9. The molecule has 0 unspecified atom stereocenters. The Kier molecular flexibility index (Phi) is 5.11. The van der Waals surface area contributed by atoms with Crippen LogP contribution < -0.4 is 4.74 Å².